The Balaban J connectivity index is 1.72. The van der Waals surface area contributed by atoms with Crippen LogP contribution in [-0.4, -0.2) is 41.5 Å². The number of benzene rings is 2. The highest BCUT2D eigenvalue weighted by molar-refractivity contribution is 6.15. The fraction of sp³-hybridized carbons (Fsp3) is 0.292. The van der Waals surface area contributed by atoms with Gasteiger partial charge in [0.2, 0.25) is 11.6 Å². The van der Waals surface area contributed by atoms with Crippen LogP contribution in [0.5, 0.6) is 5.75 Å². The number of amides is 2. The molecule has 1 fully saturated rings. The molecule has 0 aliphatic carbocycles. The molecule has 2 aromatic rings. The maximum absolute atomic E-state index is 13.5. The predicted molar refractivity (Wildman–Crippen MR) is 115 cm³/mol. The Kier molecular flexibility index (Phi) is 5.50. The van der Waals surface area contributed by atoms with Gasteiger partial charge in [0.15, 0.2) is 0 Å². The number of hydrogen-bond donors (Lipinski definition) is 0. The SMILES string of the molecule is C=CCN1C(=O)c2ccccc2N2C(=O)CC[C@@]12C(=O)OCc1ccccc1OCC. The van der Waals surface area contributed by atoms with Gasteiger partial charge in [0, 0.05) is 24.9 Å². The first-order valence-corrected chi connectivity index (χ1v) is 10.3. The summed E-state index contributed by atoms with van der Waals surface area (Å²) < 4.78 is 11.3. The van der Waals surface area contributed by atoms with E-state index in [2.05, 4.69) is 6.58 Å². The van der Waals surface area contributed by atoms with Crippen LogP contribution >= 0.6 is 0 Å². The molecule has 7 heteroatoms. The fourth-order valence-electron chi connectivity index (χ4n) is 4.31. The van der Waals surface area contributed by atoms with Crippen molar-refractivity contribution in [1.82, 2.24) is 4.90 Å². The normalized spacial score (nSPS) is 19.6. The molecule has 1 atom stereocenters. The predicted octanol–water partition coefficient (Wildman–Crippen LogP) is 3.29. The van der Waals surface area contributed by atoms with Gasteiger partial charge in [0.25, 0.3) is 5.91 Å². The summed E-state index contributed by atoms with van der Waals surface area (Å²) in [5, 5.41) is 0. The van der Waals surface area contributed by atoms with Crippen molar-refractivity contribution < 1.29 is 23.9 Å². The molecule has 2 aromatic carbocycles. The van der Waals surface area contributed by atoms with Crippen molar-refractivity contribution in [2.45, 2.75) is 32.0 Å². The number of ether oxygens (including phenoxy) is 2. The van der Waals surface area contributed by atoms with E-state index < -0.39 is 11.6 Å². The zero-order valence-corrected chi connectivity index (χ0v) is 17.4. The number of para-hydroxylation sites is 2. The Morgan fingerprint density at radius 2 is 1.90 bits per heavy atom. The van der Waals surface area contributed by atoms with E-state index in [0.29, 0.717) is 29.2 Å². The first-order chi connectivity index (χ1) is 15.0. The van der Waals surface area contributed by atoms with Crippen molar-refractivity contribution in [3.05, 3.63) is 72.3 Å². The van der Waals surface area contributed by atoms with Crippen LogP contribution in [0.4, 0.5) is 5.69 Å². The number of carbonyl (C=O) groups is 3. The topological polar surface area (TPSA) is 76.2 Å². The van der Waals surface area contributed by atoms with Crippen molar-refractivity contribution in [3.8, 4) is 5.75 Å². The molecule has 0 N–H and O–H groups in total. The molecule has 0 spiro atoms. The summed E-state index contributed by atoms with van der Waals surface area (Å²) in [4.78, 5) is 42.5. The molecule has 0 unspecified atom stereocenters. The van der Waals surface area contributed by atoms with Gasteiger partial charge < -0.3 is 14.4 Å². The van der Waals surface area contributed by atoms with Crippen molar-refractivity contribution in [1.29, 1.82) is 0 Å². The van der Waals surface area contributed by atoms with Crippen LogP contribution in [0.25, 0.3) is 0 Å². The molecule has 2 aliphatic rings. The third kappa shape index (κ3) is 3.26. The number of anilines is 1. The van der Waals surface area contributed by atoms with E-state index in [0.717, 1.165) is 0 Å². The summed E-state index contributed by atoms with van der Waals surface area (Å²) in [6, 6.07) is 14.1. The Labute approximate surface area is 180 Å². The quantitative estimate of drug-likeness (QED) is 0.508. The van der Waals surface area contributed by atoms with Crippen LogP contribution in [-0.2, 0) is 20.9 Å². The number of hydrogen-bond acceptors (Lipinski definition) is 5. The van der Waals surface area contributed by atoms with Gasteiger partial charge >= 0.3 is 5.97 Å². The zero-order valence-electron chi connectivity index (χ0n) is 17.4. The summed E-state index contributed by atoms with van der Waals surface area (Å²) in [7, 11) is 0. The van der Waals surface area contributed by atoms with Gasteiger partial charge in [-0.2, -0.15) is 0 Å². The van der Waals surface area contributed by atoms with Crippen molar-refractivity contribution in [2.75, 3.05) is 18.1 Å². The van der Waals surface area contributed by atoms with E-state index in [1.54, 1.807) is 36.4 Å². The van der Waals surface area contributed by atoms with E-state index in [9.17, 15) is 14.4 Å². The lowest BCUT2D eigenvalue weighted by Gasteiger charge is -2.48. The maximum Gasteiger partial charge on any atom is 0.354 e. The third-order valence-electron chi connectivity index (χ3n) is 5.64. The van der Waals surface area contributed by atoms with E-state index in [4.69, 9.17) is 9.47 Å². The average molecular weight is 420 g/mol. The summed E-state index contributed by atoms with van der Waals surface area (Å²) in [6.07, 6.45) is 1.85. The Morgan fingerprint density at radius 3 is 2.68 bits per heavy atom. The Bertz CT molecular complexity index is 1050. The number of nitrogens with zero attached hydrogens (tertiary/aromatic N) is 2. The smallest absolute Gasteiger partial charge is 0.354 e. The monoisotopic (exact) mass is 420 g/mol. The molecular weight excluding hydrogens is 396 g/mol. The number of esters is 1. The van der Waals surface area contributed by atoms with E-state index in [1.807, 2.05) is 25.1 Å². The summed E-state index contributed by atoms with van der Waals surface area (Å²) >= 11 is 0. The van der Waals surface area contributed by atoms with Crippen LogP contribution in [0.15, 0.2) is 61.2 Å². The second-order valence-electron chi connectivity index (χ2n) is 7.38. The molecule has 2 heterocycles. The second-order valence-corrected chi connectivity index (χ2v) is 7.38. The highest BCUT2D eigenvalue weighted by Gasteiger charge is 2.61. The maximum atomic E-state index is 13.5. The van der Waals surface area contributed by atoms with Crippen LogP contribution in [0.2, 0.25) is 0 Å². The average Bonchev–Trinajstić information content (AvgIpc) is 3.14. The molecule has 160 valence electrons. The van der Waals surface area contributed by atoms with Gasteiger partial charge in [0.1, 0.15) is 12.4 Å². The molecular formula is C24H24N2O5. The van der Waals surface area contributed by atoms with Gasteiger partial charge in [0.05, 0.1) is 17.9 Å². The zero-order chi connectivity index (χ0) is 22.0. The molecule has 2 aliphatic heterocycles. The van der Waals surface area contributed by atoms with Crippen LogP contribution in [0.1, 0.15) is 35.7 Å². The molecule has 1 saturated heterocycles. The molecule has 0 saturated carbocycles. The van der Waals surface area contributed by atoms with Crippen molar-refractivity contribution in [2.24, 2.45) is 0 Å². The fourth-order valence-corrected chi connectivity index (χ4v) is 4.31. The van der Waals surface area contributed by atoms with Gasteiger partial charge in [-0.3, -0.25) is 14.5 Å². The van der Waals surface area contributed by atoms with Gasteiger partial charge in [-0.15, -0.1) is 6.58 Å². The second kappa shape index (κ2) is 8.26. The minimum Gasteiger partial charge on any atom is -0.493 e. The van der Waals surface area contributed by atoms with Crippen LogP contribution in [0.3, 0.4) is 0 Å². The third-order valence-corrected chi connectivity index (χ3v) is 5.64. The minimum absolute atomic E-state index is 0.0312. The molecule has 7 nitrogen and oxygen atoms in total. The molecule has 31 heavy (non-hydrogen) atoms. The largest absolute Gasteiger partial charge is 0.493 e. The Hall–Kier alpha value is -3.61. The van der Waals surface area contributed by atoms with Crippen molar-refractivity contribution >= 4 is 23.5 Å². The standard InChI is InChI=1S/C24H24N2O5/c1-3-15-25-22(28)18-10-6-7-11-19(18)26-21(27)13-14-24(25,26)23(29)31-16-17-9-5-8-12-20(17)30-4-2/h3,5-12H,1,4,13-16H2,2H3/t24-/m1/s1. The highest BCUT2D eigenvalue weighted by atomic mass is 16.5. The molecule has 0 radical (unpaired) electrons. The summed E-state index contributed by atoms with van der Waals surface area (Å²) in [6.45, 7) is 6.17. The first-order valence-electron chi connectivity index (χ1n) is 10.3. The minimum atomic E-state index is -1.53. The summed E-state index contributed by atoms with van der Waals surface area (Å²) in [5.41, 5.74) is -0.00783. The first kappa shape index (κ1) is 20.7. The lowest BCUT2D eigenvalue weighted by atomic mass is 9.96. The van der Waals surface area contributed by atoms with Crippen LogP contribution < -0.4 is 9.64 Å². The number of carbonyl (C=O) groups excluding carboxylic acids is 3. The van der Waals surface area contributed by atoms with Gasteiger partial charge in [-0.1, -0.05) is 36.4 Å². The van der Waals surface area contributed by atoms with E-state index in [-0.39, 0.29) is 37.8 Å². The highest BCUT2D eigenvalue weighted by Crippen LogP contribution is 2.45. The van der Waals surface area contributed by atoms with E-state index >= 15 is 0 Å². The van der Waals surface area contributed by atoms with Crippen molar-refractivity contribution in [3.63, 3.8) is 0 Å². The number of rotatable bonds is 7. The van der Waals surface area contributed by atoms with Gasteiger partial charge in [-0.25, -0.2) is 4.79 Å². The number of fused-ring (bicyclic) bond motifs is 3. The molecule has 4 rings (SSSR count). The van der Waals surface area contributed by atoms with Crippen LogP contribution in [0, 0.1) is 0 Å². The lowest BCUT2D eigenvalue weighted by Crippen LogP contribution is -2.68. The van der Waals surface area contributed by atoms with E-state index in [1.165, 1.54) is 9.80 Å². The Morgan fingerprint density at radius 1 is 1.16 bits per heavy atom. The molecule has 0 aromatic heterocycles. The summed E-state index contributed by atoms with van der Waals surface area (Å²) in [5.74, 6) is -0.564. The molecule has 2 amide bonds. The van der Waals surface area contributed by atoms with Gasteiger partial charge in [-0.05, 0) is 25.1 Å². The molecule has 0 bridgehead atoms. The lowest BCUT2D eigenvalue weighted by molar-refractivity contribution is -0.158.